The predicted molar refractivity (Wildman–Crippen MR) is 129 cm³/mol. The van der Waals surface area contributed by atoms with Gasteiger partial charge in [0.05, 0.1) is 30.3 Å². The van der Waals surface area contributed by atoms with Crippen molar-refractivity contribution in [3.63, 3.8) is 0 Å². The van der Waals surface area contributed by atoms with E-state index in [0.29, 0.717) is 23.5 Å². The van der Waals surface area contributed by atoms with Gasteiger partial charge in [0, 0.05) is 36.8 Å². The van der Waals surface area contributed by atoms with Crippen LogP contribution in [0.15, 0.2) is 30.6 Å². The number of hydrogen-bond acceptors (Lipinski definition) is 6. The lowest BCUT2D eigenvalue weighted by molar-refractivity contribution is 0.0782. The Morgan fingerprint density at radius 1 is 1.12 bits per heavy atom. The molecule has 2 aliphatic carbocycles. The number of likely N-dealkylation sites (tertiary alicyclic amines) is 1. The van der Waals surface area contributed by atoms with Gasteiger partial charge in [-0.05, 0) is 69.5 Å². The number of fused-ring (bicyclic) bond motifs is 3. The van der Waals surface area contributed by atoms with Crippen LogP contribution in [0, 0.1) is 0 Å². The van der Waals surface area contributed by atoms with Gasteiger partial charge < -0.3 is 14.5 Å². The summed E-state index contributed by atoms with van der Waals surface area (Å²) in [5.74, 6) is 1.76. The fraction of sp³-hybridized carbons (Fsp3) is 0.462. The lowest BCUT2D eigenvalue weighted by Crippen LogP contribution is -2.34. The highest BCUT2D eigenvalue weighted by atomic mass is 16.5. The van der Waals surface area contributed by atoms with E-state index in [1.54, 1.807) is 18.0 Å². The van der Waals surface area contributed by atoms with Crippen molar-refractivity contribution in [3.05, 3.63) is 53.0 Å². The monoisotopic (exact) mass is 458 g/mol. The first-order valence-electron chi connectivity index (χ1n) is 12.1. The second-order valence-electron chi connectivity index (χ2n) is 9.85. The third-order valence-corrected chi connectivity index (χ3v) is 7.46. The van der Waals surface area contributed by atoms with Crippen molar-refractivity contribution in [1.82, 2.24) is 29.5 Å². The fourth-order valence-electron chi connectivity index (χ4n) is 5.26. The maximum absolute atomic E-state index is 13.5. The molecular weight excluding hydrogens is 428 g/mol. The molecule has 1 atom stereocenters. The Bertz CT molecular complexity index is 1260. The predicted octanol–water partition coefficient (Wildman–Crippen LogP) is 3.09. The summed E-state index contributed by atoms with van der Waals surface area (Å²) in [4.78, 5) is 27.3. The van der Waals surface area contributed by atoms with Crippen LogP contribution in [-0.4, -0.2) is 75.8 Å². The smallest absolute Gasteiger partial charge is 0.257 e. The third kappa shape index (κ3) is 3.57. The minimum atomic E-state index is 0.0746. The number of carbonyl (C=O) groups excluding carboxylic acids is 1. The van der Waals surface area contributed by atoms with Gasteiger partial charge in [-0.2, -0.15) is 5.10 Å². The Labute approximate surface area is 199 Å². The number of ether oxygens (including phenoxy) is 1. The van der Waals surface area contributed by atoms with E-state index in [4.69, 9.17) is 9.72 Å². The molecule has 8 heteroatoms. The van der Waals surface area contributed by atoms with E-state index in [1.807, 2.05) is 17.2 Å². The van der Waals surface area contributed by atoms with Crippen LogP contribution < -0.4 is 4.74 Å². The number of rotatable bonds is 5. The lowest BCUT2D eigenvalue weighted by atomic mass is 9.90. The number of likely N-dealkylation sites (N-methyl/N-ethyl adjacent to an activating group) is 1. The highest BCUT2D eigenvalue weighted by Crippen LogP contribution is 2.43. The van der Waals surface area contributed by atoms with Crippen LogP contribution in [0.5, 0.6) is 5.75 Å². The summed E-state index contributed by atoms with van der Waals surface area (Å²) < 4.78 is 7.27. The van der Waals surface area contributed by atoms with Crippen LogP contribution in [0.2, 0.25) is 0 Å². The van der Waals surface area contributed by atoms with Crippen LogP contribution in [-0.2, 0) is 12.8 Å². The number of aryl methyl sites for hydroxylation is 2. The zero-order valence-corrected chi connectivity index (χ0v) is 20.0. The number of hydrogen-bond donors (Lipinski definition) is 0. The molecule has 0 unspecified atom stereocenters. The van der Waals surface area contributed by atoms with Crippen LogP contribution >= 0.6 is 0 Å². The van der Waals surface area contributed by atoms with E-state index < -0.39 is 0 Å². The molecule has 6 rings (SSSR count). The standard InChI is InChI=1S/C26H30N6O2/c1-30(2)19-10-11-31(15-19)25(33)22-14-28-32(24(22)17-5-6-17)26-27-13-18-7-4-16-8-9-20(34-3)12-21(16)23(18)29-26/h8-9,12-14,17,19H,4-7,10-11,15H2,1-3H3/t19-/m0/s1. The van der Waals surface area contributed by atoms with Crippen LogP contribution in [0.3, 0.4) is 0 Å². The Kier molecular flexibility index (Phi) is 5.13. The summed E-state index contributed by atoms with van der Waals surface area (Å²) in [7, 11) is 5.84. The van der Waals surface area contributed by atoms with E-state index in [9.17, 15) is 4.79 Å². The van der Waals surface area contributed by atoms with E-state index >= 15 is 0 Å². The summed E-state index contributed by atoms with van der Waals surface area (Å²) in [5.41, 5.74) is 6.08. The van der Waals surface area contributed by atoms with E-state index in [2.05, 4.69) is 41.2 Å². The number of amides is 1. The summed E-state index contributed by atoms with van der Waals surface area (Å²) in [6.45, 7) is 1.54. The molecule has 1 saturated carbocycles. The van der Waals surface area contributed by atoms with E-state index in [0.717, 1.165) is 73.5 Å². The summed E-state index contributed by atoms with van der Waals surface area (Å²) in [6.07, 6.45) is 8.65. The molecule has 1 aromatic carbocycles. The van der Waals surface area contributed by atoms with Crippen molar-refractivity contribution < 1.29 is 9.53 Å². The molecule has 1 aliphatic heterocycles. The first-order valence-corrected chi connectivity index (χ1v) is 12.1. The Morgan fingerprint density at radius 3 is 2.68 bits per heavy atom. The molecule has 0 N–H and O–H groups in total. The summed E-state index contributed by atoms with van der Waals surface area (Å²) in [5, 5.41) is 4.64. The minimum absolute atomic E-state index is 0.0746. The molecular formula is C26H30N6O2. The van der Waals surface area contributed by atoms with Gasteiger partial charge >= 0.3 is 0 Å². The Balaban J connectivity index is 1.38. The number of aromatic nitrogens is 4. The van der Waals surface area contributed by atoms with Crippen LogP contribution in [0.4, 0.5) is 0 Å². The Morgan fingerprint density at radius 2 is 1.94 bits per heavy atom. The quantitative estimate of drug-likeness (QED) is 0.585. The molecule has 8 nitrogen and oxygen atoms in total. The SMILES string of the molecule is COc1ccc2c(c1)-c1nc(-n3ncc(C(=O)N4CC[C@H](N(C)C)C4)c3C3CC3)ncc1CC2. The Hall–Kier alpha value is -3.26. The average molecular weight is 459 g/mol. The second-order valence-corrected chi connectivity index (χ2v) is 9.85. The third-order valence-electron chi connectivity index (χ3n) is 7.46. The van der Waals surface area contributed by atoms with Gasteiger partial charge in [-0.1, -0.05) is 6.07 Å². The molecule has 2 aromatic heterocycles. The molecule has 1 saturated heterocycles. The molecule has 176 valence electrons. The molecule has 1 amide bonds. The van der Waals surface area contributed by atoms with Crippen molar-refractivity contribution in [2.75, 3.05) is 34.3 Å². The number of nitrogens with zero attached hydrogens (tertiary/aromatic N) is 6. The summed E-state index contributed by atoms with van der Waals surface area (Å²) in [6, 6.07) is 6.58. The van der Waals surface area contributed by atoms with Crippen LogP contribution in [0.1, 0.15) is 52.4 Å². The van der Waals surface area contributed by atoms with Crippen molar-refractivity contribution in [3.8, 4) is 23.0 Å². The largest absolute Gasteiger partial charge is 0.497 e. The number of benzene rings is 1. The number of carbonyl (C=O) groups is 1. The molecule has 3 aliphatic rings. The van der Waals surface area contributed by atoms with Crippen molar-refractivity contribution in [2.24, 2.45) is 0 Å². The van der Waals surface area contributed by atoms with Gasteiger partial charge in [0.2, 0.25) is 0 Å². The van der Waals surface area contributed by atoms with Crippen LogP contribution in [0.25, 0.3) is 17.2 Å². The zero-order chi connectivity index (χ0) is 23.4. The normalized spacial score (nSPS) is 19.3. The van der Waals surface area contributed by atoms with Crippen molar-refractivity contribution in [1.29, 1.82) is 0 Å². The average Bonchev–Trinajstić information content (AvgIpc) is 3.40. The van der Waals surface area contributed by atoms with Gasteiger partial charge in [-0.15, -0.1) is 0 Å². The fourth-order valence-corrected chi connectivity index (χ4v) is 5.26. The first-order chi connectivity index (χ1) is 16.5. The maximum Gasteiger partial charge on any atom is 0.257 e. The molecule has 0 radical (unpaired) electrons. The topological polar surface area (TPSA) is 76.4 Å². The minimum Gasteiger partial charge on any atom is -0.497 e. The number of methoxy groups -OCH3 is 1. The van der Waals surface area contributed by atoms with Gasteiger partial charge in [-0.3, -0.25) is 4.79 Å². The second kappa shape index (κ2) is 8.20. The molecule has 0 bridgehead atoms. The molecule has 0 spiro atoms. The van der Waals surface area contributed by atoms with Gasteiger partial charge in [0.1, 0.15) is 5.75 Å². The maximum atomic E-state index is 13.5. The van der Waals surface area contributed by atoms with Gasteiger partial charge in [-0.25, -0.2) is 14.6 Å². The van der Waals surface area contributed by atoms with Crippen molar-refractivity contribution in [2.45, 2.75) is 44.1 Å². The zero-order valence-electron chi connectivity index (χ0n) is 20.0. The molecule has 34 heavy (non-hydrogen) atoms. The molecule has 2 fully saturated rings. The first kappa shape index (κ1) is 21.3. The highest BCUT2D eigenvalue weighted by molar-refractivity contribution is 5.95. The van der Waals surface area contributed by atoms with Gasteiger partial charge in [0.25, 0.3) is 11.9 Å². The summed E-state index contributed by atoms with van der Waals surface area (Å²) >= 11 is 0. The van der Waals surface area contributed by atoms with E-state index in [-0.39, 0.29) is 5.91 Å². The highest BCUT2D eigenvalue weighted by Gasteiger charge is 2.37. The van der Waals surface area contributed by atoms with Gasteiger partial charge in [0.15, 0.2) is 0 Å². The lowest BCUT2D eigenvalue weighted by Gasteiger charge is -2.21. The van der Waals surface area contributed by atoms with Crippen molar-refractivity contribution >= 4 is 5.91 Å². The van der Waals surface area contributed by atoms with E-state index in [1.165, 1.54) is 5.56 Å². The molecule has 3 aromatic rings. The molecule has 3 heterocycles.